The van der Waals surface area contributed by atoms with E-state index in [9.17, 15) is 5.11 Å². The van der Waals surface area contributed by atoms with Gasteiger partial charge < -0.3 is 15.0 Å². The van der Waals surface area contributed by atoms with Crippen molar-refractivity contribution in [1.29, 1.82) is 0 Å². The Hall–Kier alpha value is -1.65. The average molecular weight is 257 g/mol. The molecule has 1 aromatic heterocycles. The maximum Gasteiger partial charge on any atom is 0.0951 e. The summed E-state index contributed by atoms with van der Waals surface area (Å²) in [6.45, 7) is 0.840. The van der Waals surface area contributed by atoms with Crippen LogP contribution in [0.1, 0.15) is 36.2 Å². The van der Waals surface area contributed by atoms with Crippen molar-refractivity contribution in [3.63, 3.8) is 0 Å². The molecule has 1 aliphatic carbocycles. The van der Waals surface area contributed by atoms with Gasteiger partial charge in [-0.2, -0.15) is 0 Å². The summed E-state index contributed by atoms with van der Waals surface area (Å²) >= 11 is 0. The molecule has 1 fully saturated rings. The van der Waals surface area contributed by atoms with E-state index >= 15 is 0 Å². The van der Waals surface area contributed by atoms with Crippen LogP contribution in [0.25, 0.3) is 0 Å². The van der Waals surface area contributed by atoms with Crippen molar-refractivity contribution in [2.45, 2.75) is 31.5 Å². The number of aromatic nitrogens is 2. The second kappa shape index (κ2) is 5.55. The number of benzene rings is 1. The van der Waals surface area contributed by atoms with Crippen LogP contribution in [0.3, 0.4) is 0 Å². The Bertz CT molecular complexity index is 519. The molecule has 0 bridgehead atoms. The molecule has 100 valence electrons. The molecule has 1 saturated carbocycles. The molecule has 1 unspecified atom stereocenters. The molecule has 1 aliphatic rings. The zero-order valence-corrected chi connectivity index (χ0v) is 10.9. The molecule has 2 aromatic rings. The van der Waals surface area contributed by atoms with Crippen molar-refractivity contribution in [1.82, 2.24) is 14.9 Å². The SMILES string of the molecule is OCC(NCc1ccccc1)c1cncn1C1CC1. The highest BCUT2D eigenvalue weighted by molar-refractivity contribution is 5.15. The van der Waals surface area contributed by atoms with Crippen molar-refractivity contribution in [2.75, 3.05) is 6.61 Å². The van der Waals surface area contributed by atoms with E-state index in [-0.39, 0.29) is 12.6 Å². The van der Waals surface area contributed by atoms with Gasteiger partial charge in [-0.1, -0.05) is 30.3 Å². The number of nitrogens with one attached hydrogen (secondary N) is 1. The van der Waals surface area contributed by atoms with Crippen LogP contribution < -0.4 is 5.32 Å². The number of aliphatic hydroxyl groups excluding tert-OH is 1. The molecular formula is C15H19N3O. The van der Waals surface area contributed by atoms with Crippen LogP contribution in [0.2, 0.25) is 0 Å². The lowest BCUT2D eigenvalue weighted by Crippen LogP contribution is -2.26. The Kier molecular flexibility index (Phi) is 3.62. The highest BCUT2D eigenvalue weighted by Crippen LogP contribution is 2.36. The maximum atomic E-state index is 9.60. The summed E-state index contributed by atoms with van der Waals surface area (Å²) in [5.74, 6) is 0. The molecule has 4 nitrogen and oxygen atoms in total. The van der Waals surface area contributed by atoms with Crippen molar-refractivity contribution in [2.24, 2.45) is 0 Å². The first-order valence-corrected chi connectivity index (χ1v) is 6.78. The van der Waals surface area contributed by atoms with Crippen molar-refractivity contribution < 1.29 is 5.11 Å². The first kappa shape index (κ1) is 12.4. The van der Waals surface area contributed by atoms with Crippen LogP contribution >= 0.6 is 0 Å². The number of imidazole rings is 1. The quantitative estimate of drug-likeness (QED) is 0.832. The Morgan fingerprint density at radius 3 is 2.79 bits per heavy atom. The van der Waals surface area contributed by atoms with E-state index in [0.717, 1.165) is 12.2 Å². The van der Waals surface area contributed by atoms with E-state index in [0.29, 0.717) is 6.04 Å². The Balaban J connectivity index is 1.68. The van der Waals surface area contributed by atoms with E-state index < -0.39 is 0 Å². The molecule has 4 heteroatoms. The maximum absolute atomic E-state index is 9.60. The van der Waals surface area contributed by atoms with Gasteiger partial charge in [-0.3, -0.25) is 0 Å². The Morgan fingerprint density at radius 2 is 2.11 bits per heavy atom. The molecule has 0 amide bonds. The number of nitrogens with zero attached hydrogens (tertiary/aromatic N) is 2. The summed E-state index contributed by atoms with van der Waals surface area (Å²) in [5.41, 5.74) is 2.30. The summed E-state index contributed by atoms with van der Waals surface area (Å²) in [5, 5.41) is 13.0. The smallest absolute Gasteiger partial charge is 0.0951 e. The average Bonchev–Trinajstić information content (AvgIpc) is 3.19. The number of aliphatic hydroxyl groups is 1. The first-order valence-electron chi connectivity index (χ1n) is 6.78. The van der Waals surface area contributed by atoms with Crippen molar-refractivity contribution in [3.05, 3.63) is 54.1 Å². The predicted molar refractivity (Wildman–Crippen MR) is 73.6 cm³/mol. The molecule has 0 radical (unpaired) electrons. The van der Waals surface area contributed by atoms with Gasteiger partial charge in [0.1, 0.15) is 0 Å². The fourth-order valence-corrected chi connectivity index (χ4v) is 2.34. The molecule has 1 aromatic carbocycles. The number of rotatable bonds is 6. The zero-order valence-electron chi connectivity index (χ0n) is 10.9. The summed E-state index contributed by atoms with van der Waals surface area (Å²) in [4.78, 5) is 4.22. The fourth-order valence-electron chi connectivity index (χ4n) is 2.34. The third-order valence-corrected chi connectivity index (χ3v) is 3.57. The Labute approximate surface area is 113 Å². The van der Waals surface area contributed by atoms with Crippen LogP contribution in [-0.4, -0.2) is 21.3 Å². The van der Waals surface area contributed by atoms with Gasteiger partial charge in [0, 0.05) is 18.8 Å². The molecular weight excluding hydrogens is 238 g/mol. The standard InChI is InChI=1S/C15H19N3O/c19-10-14(17-8-12-4-2-1-3-5-12)15-9-16-11-18(15)13-6-7-13/h1-5,9,11,13-14,17,19H,6-8,10H2. The van der Waals surface area contributed by atoms with Gasteiger partial charge >= 0.3 is 0 Å². The summed E-state index contributed by atoms with van der Waals surface area (Å²) < 4.78 is 2.19. The van der Waals surface area contributed by atoms with Crippen LogP contribution in [0, 0.1) is 0 Å². The summed E-state index contributed by atoms with van der Waals surface area (Å²) in [7, 11) is 0. The Morgan fingerprint density at radius 1 is 1.32 bits per heavy atom. The van der Waals surface area contributed by atoms with Gasteiger partial charge in [0.15, 0.2) is 0 Å². The summed E-state index contributed by atoms with van der Waals surface area (Å²) in [6.07, 6.45) is 6.18. The second-order valence-electron chi connectivity index (χ2n) is 5.06. The number of hydrogen-bond donors (Lipinski definition) is 2. The van der Waals surface area contributed by atoms with Gasteiger partial charge in [-0.05, 0) is 18.4 Å². The van der Waals surface area contributed by atoms with Gasteiger partial charge in [0.2, 0.25) is 0 Å². The van der Waals surface area contributed by atoms with Crippen molar-refractivity contribution >= 4 is 0 Å². The lowest BCUT2D eigenvalue weighted by atomic mass is 10.2. The van der Waals surface area contributed by atoms with Gasteiger partial charge in [-0.15, -0.1) is 0 Å². The molecule has 0 spiro atoms. The highest BCUT2D eigenvalue weighted by Gasteiger charge is 2.27. The molecule has 1 heterocycles. The third kappa shape index (κ3) is 2.85. The lowest BCUT2D eigenvalue weighted by molar-refractivity contribution is 0.238. The molecule has 1 atom stereocenters. The van der Waals surface area contributed by atoms with E-state index in [1.807, 2.05) is 30.7 Å². The van der Waals surface area contributed by atoms with Gasteiger partial charge in [0.05, 0.1) is 24.7 Å². The molecule has 19 heavy (non-hydrogen) atoms. The molecule has 0 saturated heterocycles. The molecule has 0 aliphatic heterocycles. The van der Waals surface area contributed by atoms with Gasteiger partial charge in [0.25, 0.3) is 0 Å². The van der Waals surface area contributed by atoms with Crippen LogP contribution in [0.5, 0.6) is 0 Å². The minimum absolute atomic E-state index is 0.0525. The van der Waals surface area contributed by atoms with Crippen LogP contribution in [-0.2, 0) is 6.54 Å². The number of hydrogen-bond acceptors (Lipinski definition) is 3. The normalized spacial score (nSPS) is 16.5. The highest BCUT2D eigenvalue weighted by atomic mass is 16.3. The van der Waals surface area contributed by atoms with E-state index in [1.165, 1.54) is 18.4 Å². The summed E-state index contributed by atoms with van der Waals surface area (Å²) in [6, 6.07) is 10.8. The van der Waals surface area contributed by atoms with E-state index in [2.05, 4.69) is 27.0 Å². The van der Waals surface area contributed by atoms with Crippen LogP contribution in [0.4, 0.5) is 0 Å². The first-order chi connectivity index (χ1) is 9.38. The third-order valence-electron chi connectivity index (χ3n) is 3.57. The van der Waals surface area contributed by atoms with Crippen molar-refractivity contribution in [3.8, 4) is 0 Å². The van der Waals surface area contributed by atoms with Crippen LogP contribution in [0.15, 0.2) is 42.9 Å². The molecule has 2 N–H and O–H groups in total. The fraction of sp³-hybridized carbons (Fsp3) is 0.400. The zero-order chi connectivity index (χ0) is 13.1. The monoisotopic (exact) mass is 257 g/mol. The van der Waals surface area contributed by atoms with Gasteiger partial charge in [-0.25, -0.2) is 4.98 Å². The largest absolute Gasteiger partial charge is 0.394 e. The minimum Gasteiger partial charge on any atom is -0.394 e. The lowest BCUT2D eigenvalue weighted by Gasteiger charge is -2.18. The van der Waals surface area contributed by atoms with E-state index in [1.54, 1.807) is 0 Å². The van der Waals surface area contributed by atoms with E-state index in [4.69, 9.17) is 0 Å². The topological polar surface area (TPSA) is 50.1 Å². The predicted octanol–water partition coefficient (Wildman–Crippen LogP) is 2.04. The molecule has 3 rings (SSSR count). The second-order valence-corrected chi connectivity index (χ2v) is 5.06. The minimum atomic E-state index is -0.0525.